The molecule has 0 fully saturated rings. The van der Waals surface area contributed by atoms with Crippen LogP contribution >= 0.6 is 11.5 Å². The van der Waals surface area contributed by atoms with E-state index in [4.69, 9.17) is 0 Å². The van der Waals surface area contributed by atoms with Crippen molar-refractivity contribution in [2.45, 2.75) is 26.7 Å². The van der Waals surface area contributed by atoms with Crippen molar-refractivity contribution in [2.75, 3.05) is 0 Å². The topological polar surface area (TPSA) is 42.9 Å². The van der Waals surface area contributed by atoms with Crippen molar-refractivity contribution in [1.82, 2.24) is 9.59 Å². The Balaban J connectivity index is 2.87. The molecule has 0 aromatic carbocycles. The lowest BCUT2D eigenvalue weighted by atomic mass is 10.2. The van der Waals surface area contributed by atoms with Crippen LogP contribution in [0, 0.1) is 0 Å². The summed E-state index contributed by atoms with van der Waals surface area (Å²) in [6.45, 7) is 3.61. The van der Waals surface area contributed by atoms with Crippen LogP contribution in [0.5, 0.6) is 0 Å². The standard InChI is InChI=1S/C7H10N2OS/c1-3-4-6-7(5(2)10)11-9-8-6/h3-4H2,1-2H3. The van der Waals surface area contributed by atoms with Gasteiger partial charge in [-0.25, -0.2) is 0 Å². The lowest BCUT2D eigenvalue weighted by Crippen LogP contribution is -1.95. The molecule has 11 heavy (non-hydrogen) atoms. The fraction of sp³-hybridized carbons (Fsp3) is 0.571. The third-order valence-electron chi connectivity index (χ3n) is 1.36. The van der Waals surface area contributed by atoms with Gasteiger partial charge in [0.05, 0.1) is 5.69 Å². The molecule has 0 N–H and O–H groups in total. The third-order valence-corrected chi connectivity index (χ3v) is 2.23. The van der Waals surface area contributed by atoms with Gasteiger partial charge in [-0.3, -0.25) is 4.79 Å². The number of nitrogens with zero attached hydrogens (tertiary/aromatic N) is 2. The SMILES string of the molecule is CCCc1nnsc1C(C)=O. The maximum atomic E-state index is 10.9. The van der Waals surface area contributed by atoms with Crippen LogP contribution in [-0.2, 0) is 6.42 Å². The fourth-order valence-corrected chi connectivity index (χ4v) is 1.47. The Morgan fingerprint density at radius 3 is 2.91 bits per heavy atom. The van der Waals surface area contributed by atoms with Crippen LogP contribution in [0.4, 0.5) is 0 Å². The summed E-state index contributed by atoms with van der Waals surface area (Å²) >= 11 is 1.19. The molecule has 0 spiro atoms. The first-order valence-electron chi connectivity index (χ1n) is 3.58. The number of Topliss-reactive ketones (excluding diaryl/α,β-unsaturated/α-hetero) is 1. The van der Waals surface area contributed by atoms with Gasteiger partial charge in [-0.1, -0.05) is 17.8 Å². The van der Waals surface area contributed by atoms with Crippen molar-refractivity contribution in [1.29, 1.82) is 0 Å². The zero-order chi connectivity index (χ0) is 8.27. The second kappa shape index (κ2) is 3.57. The van der Waals surface area contributed by atoms with Crippen LogP contribution in [-0.4, -0.2) is 15.4 Å². The van der Waals surface area contributed by atoms with Gasteiger partial charge >= 0.3 is 0 Å². The van der Waals surface area contributed by atoms with E-state index in [0.717, 1.165) is 18.5 Å². The molecule has 0 unspecified atom stereocenters. The van der Waals surface area contributed by atoms with Gasteiger partial charge in [0.2, 0.25) is 0 Å². The van der Waals surface area contributed by atoms with Gasteiger partial charge in [-0.15, -0.1) is 5.10 Å². The molecule has 1 heterocycles. The Kier molecular flexibility index (Phi) is 2.70. The lowest BCUT2D eigenvalue weighted by Gasteiger charge is -1.91. The van der Waals surface area contributed by atoms with Gasteiger partial charge in [-0.05, 0) is 18.0 Å². The molecule has 0 aliphatic carbocycles. The molecule has 1 rings (SSSR count). The zero-order valence-electron chi connectivity index (χ0n) is 6.63. The lowest BCUT2D eigenvalue weighted by molar-refractivity contribution is 0.102. The minimum atomic E-state index is 0.0726. The van der Waals surface area contributed by atoms with Crippen molar-refractivity contribution < 1.29 is 4.79 Å². The summed E-state index contributed by atoms with van der Waals surface area (Å²) in [7, 11) is 0. The highest BCUT2D eigenvalue weighted by Gasteiger charge is 2.10. The molecule has 0 bridgehead atoms. The van der Waals surface area contributed by atoms with Crippen molar-refractivity contribution in [3.8, 4) is 0 Å². The van der Waals surface area contributed by atoms with Gasteiger partial charge < -0.3 is 0 Å². The maximum absolute atomic E-state index is 10.9. The predicted octanol–water partition coefficient (Wildman–Crippen LogP) is 1.69. The molecule has 3 nitrogen and oxygen atoms in total. The van der Waals surface area contributed by atoms with Crippen molar-refractivity contribution in [2.24, 2.45) is 0 Å². The smallest absolute Gasteiger partial charge is 0.173 e. The summed E-state index contributed by atoms with van der Waals surface area (Å²) in [6, 6.07) is 0. The van der Waals surface area contributed by atoms with E-state index in [1.165, 1.54) is 11.5 Å². The van der Waals surface area contributed by atoms with Crippen LogP contribution in [0.2, 0.25) is 0 Å². The number of aryl methyl sites for hydroxylation is 1. The van der Waals surface area contributed by atoms with E-state index in [0.29, 0.717) is 4.88 Å². The first-order valence-corrected chi connectivity index (χ1v) is 4.35. The van der Waals surface area contributed by atoms with Crippen LogP contribution in [0.25, 0.3) is 0 Å². The summed E-state index contributed by atoms with van der Waals surface area (Å²) in [6.07, 6.45) is 1.86. The molecule has 0 radical (unpaired) electrons. The number of rotatable bonds is 3. The van der Waals surface area contributed by atoms with E-state index >= 15 is 0 Å². The Morgan fingerprint density at radius 1 is 1.64 bits per heavy atom. The number of ketones is 1. The van der Waals surface area contributed by atoms with E-state index in [1.54, 1.807) is 6.92 Å². The highest BCUT2D eigenvalue weighted by Crippen LogP contribution is 2.12. The highest BCUT2D eigenvalue weighted by atomic mass is 32.1. The number of aromatic nitrogens is 2. The Morgan fingerprint density at radius 2 is 2.36 bits per heavy atom. The van der Waals surface area contributed by atoms with E-state index in [9.17, 15) is 4.79 Å². The minimum Gasteiger partial charge on any atom is -0.293 e. The fourth-order valence-electron chi connectivity index (χ4n) is 0.876. The largest absolute Gasteiger partial charge is 0.293 e. The second-order valence-corrected chi connectivity index (χ2v) is 3.11. The first kappa shape index (κ1) is 8.33. The highest BCUT2D eigenvalue weighted by molar-refractivity contribution is 7.08. The summed E-state index contributed by atoms with van der Waals surface area (Å²) in [5, 5.41) is 3.87. The van der Waals surface area contributed by atoms with E-state index < -0.39 is 0 Å². The number of carbonyl (C=O) groups excluding carboxylic acids is 1. The number of hydrogen-bond donors (Lipinski definition) is 0. The van der Waals surface area contributed by atoms with Crippen LogP contribution in [0.1, 0.15) is 35.6 Å². The molecule has 0 aliphatic heterocycles. The summed E-state index contributed by atoms with van der Waals surface area (Å²) in [4.78, 5) is 11.6. The monoisotopic (exact) mass is 170 g/mol. The van der Waals surface area contributed by atoms with Gasteiger partial charge in [0.1, 0.15) is 4.88 Å². The van der Waals surface area contributed by atoms with Crippen molar-refractivity contribution >= 4 is 17.3 Å². The third kappa shape index (κ3) is 1.83. The second-order valence-electron chi connectivity index (χ2n) is 2.35. The average molecular weight is 170 g/mol. The number of carbonyl (C=O) groups is 1. The molecular formula is C7H10N2OS. The zero-order valence-corrected chi connectivity index (χ0v) is 7.44. The molecule has 1 aromatic heterocycles. The molecule has 0 atom stereocenters. The molecule has 0 aliphatic rings. The van der Waals surface area contributed by atoms with Crippen molar-refractivity contribution in [3.05, 3.63) is 10.6 Å². The summed E-state index contributed by atoms with van der Waals surface area (Å²) in [5.41, 5.74) is 0.852. The van der Waals surface area contributed by atoms with E-state index in [1.807, 2.05) is 0 Å². The molecule has 0 saturated heterocycles. The van der Waals surface area contributed by atoms with Gasteiger partial charge in [0, 0.05) is 6.92 Å². The predicted molar refractivity (Wildman–Crippen MR) is 43.9 cm³/mol. The summed E-state index contributed by atoms with van der Waals surface area (Å²) < 4.78 is 3.73. The Hall–Kier alpha value is -0.770. The normalized spacial score (nSPS) is 10.0. The molecule has 0 amide bonds. The first-order chi connectivity index (χ1) is 5.25. The molecule has 0 saturated carbocycles. The Labute approximate surface area is 69.6 Å². The molecule has 4 heteroatoms. The molecular weight excluding hydrogens is 160 g/mol. The van der Waals surface area contributed by atoms with Gasteiger partial charge in [0.25, 0.3) is 0 Å². The summed E-state index contributed by atoms with van der Waals surface area (Å²) in [5.74, 6) is 0.0726. The Bertz CT molecular complexity index is 257. The van der Waals surface area contributed by atoms with Crippen LogP contribution in [0.3, 0.4) is 0 Å². The van der Waals surface area contributed by atoms with E-state index in [2.05, 4.69) is 16.5 Å². The molecule has 1 aromatic rings. The average Bonchev–Trinajstić information content (AvgIpc) is 2.36. The van der Waals surface area contributed by atoms with Gasteiger partial charge in [0.15, 0.2) is 5.78 Å². The van der Waals surface area contributed by atoms with Crippen LogP contribution in [0.15, 0.2) is 0 Å². The van der Waals surface area contributed by atoms with Crippen molar-refractivity contribution in [3.63, 3.8) is 0 Å². The maximum Gasteiger partial charge on any atom is 0.173 e. The minimum absolute atomic E-state index is 0.0726. The number of hydrogen-bond acceptors (Lipinski definition) is 4. The van der Waals surface area contributed by atoms with E-state index in [-0.39, 0.29) is 5.78 Å². The quantitative estimate of drug-likeness (QED) is 0.648. The van der Waals surface area contributed by atoms with Gasteiger partial charge in [-0.2, -0.15) is 0 Å². The van der Waals surface area contributed by atoms with Crippen LogP contribution < -0.4 is 0 Å². The molecule has 60 valence electrons.